The van der Waals surface area contributed by atoms with Gasteiger partial charge in [-0.25, -0.2) is 0 Å². The molecule has 0 aliphatic heterocycles. The monoisotopic (exact) mass is 568 g/mol. The highest BCUT2D eigenvalue weighted by Gasteiger charge is 2.66. The highest BCUT2D eigenvalue weighted by molar-refractivity contribution is 7.86. The Morgan fingerprint density at radius 3 is 2.33 bits per heavy atom. The molecule has 0 spiro atoms. The van der Waals surface area contributed by atoms with Gasteiger partial charge in [-0.05, 0) is 60.7 Å². The van der Waals surface area contributed by atoms with Crippen LogP contribution in [0.3, 0.4) is 0 Å². The molecule has 1 N–H and O–H groups in total. The zero-order valence-corrected chi connectivity index (χ0v) is 23.8. The van der Waals surface area contributed by atoms with Crippen LogP contribution in [-0.4, -0.2) is 61.2 Å². The summed E-state index contributed by atoms with van der Waals surface area (Å²) in [5.41, 5.74) is -0.771. The van der Waals surface area contributed by atoms with E-state index in [9.17, 15) is 32.4 Å². The van der Waals surface area contributed by atoms with Gasteiger partial charge in [0.25, 0.3) is 10.1 Å². The molecule has 39 heavy (non-hydrogen) atoms. The van der Waals surface area contributed by atoms with Crippen molar-refractivity contribution in [3.8, 4) is 0 Å². The molecule has 0 aromatic rings. The summed E-state index contributed by atoms with van der Waals surface area (Å²) in [5.74, 6) is -2.15. The molecule has 4 aliphatic carbocycles. The van der Waals surface area contributed by atoms with Crippen molar-refractivity contribution in [2.24, 2.45) is 46.3 Å². The topological polar surface area (TPSA) is 158 Å². The van der Waals surface area contributed by atoms with Crippen molar-refractivity contribution in [3.05, 3.63) is 0 Å². The number of carbonyl (C=O) groups is 5. The number of esters is 2. The molecule has 0 saturated heterocycles. The minimum atomic E-state index is -4.48. The van der Waals surface area contributed by atoms with E-state index in [1.807, 2.05) is 13.8 Å². The minimum Gasteiger partial charge on any atom is -0.462 e. The Bertz CT molecular complexity index is 1140. The average molecular weight is 569 g/mol. The molecule has 4 rings (SSSR count). The second-order valence-corrected chi connectivity index (χ2v) is 14.1. The van der Waals surface area contributed by atoms with Gasteiger partial charge in [-0.2, -0.15) is 8.42 Å². The highest BCUT2D eigenvalue weighted by atomic mass is 32.2. The molecule has 0 aromatic heterocycles. The minimum absolute atomic E-state index is 0.00181. The van der Waals surface area contributed by atoms with Gasteiger partial charge in [0.2, 0.25) is 0 Å². The van der Waals surface area contributed by atoms with E-state index in [-0.39, 0.29) is 77.9 Å². The quantitative estimate of drug-likeness (QED) is 0.249. The first-order chi connectivity index (χ1) is 18.2. The van der Waals surface area contributed by atoms with E-state index in [0.717, 1.165) is 19.3 Å². The van der Waals surface area contributed by atoms with E-state index in [4.69, 9.17) is 9.29 Å². The fraction of sp³-hybridized carbons (Fsp3) is 0.821. The van der Waals surface area contributed by atoms with Crippen molar-refractivity contribution in [3.63, 3.8) is 0 Å². The third-order valence-electron chi connectivity index (χ3n) is 10.6. The molecule has 4 saturated carbocycles. The number of rotatable bonds is 9. The Morgan fingerprint density at radius 1 is 1.00 bits per heavy atom. The lowest BCUT2D eigenvalue weighted by atomic mass is 9.44. The molecular formula is C28H40O10S. The number of hydrogen-bond acceptors (Lipinski definition) is 9. The van der Waals surface area contributed by atoms with Crippen LogP contribution in [-0.2, 0) is 43.6 Å². The zero-order chi connectivity index (χ0) is 28.8. The van der Waals surface area contributed by atoms with Gasteiger partial charge in [0, 0.05) is 43.4 Å². The smallest absolute Gasteiger partial charge is 0.323 e. The molecule has 0 aromatic carbocycles. The lowest BCUT2D eigenvalue weighted by molar-refractivity contribution is -0.166. The van der Waals surface area contributed by atoms with Gasteiger partial charge >= 0.3 is 11.9 Å². The van der Waals surface area contributed by atoms with Crippen LogP contribution in [0.2, 0.25) is 0 Å². The number of ether oxygens (including phenoxy) is 2. The molecule has 4 fully saturated rings. The van der Waals surface area contributed by atoms with Crippen molar-refractivity contribution >= 4 is 39.4 Å². The third-order valence-corrected chi connectivity index (χ3v) is 11.2. The predicted molar refractivity (Wildman–Crippen MR) is 138 cm³/mol. The fourth-order valence-corrected chi connectivity index (χ4v) is 8.89. The van der Waals surface area contributed by atoms with E-state index in [2.05, 4.69) is 11.7 Å². The van der Waals surface area contributed by atoms with E-state index < -0.39 is 33.2 Å². The Morgan fingerprint density at radius 2 is 1.67 bits per heavy atom. The predicted octanol–water partition coefficient (Wildman–Crippen LogP) is 2.96. The van der Waals surface area contributed by atoms with Gasteiger partial charge in [-0.3, -0.25) is 28.5 Å². The summed E-state index contributed by atoms with van der Waals surface area (Å²) in [5, 5.41) is 0. The van der Waals surface area contributed by atoms with Crippen LogP contribution in [0.5, 0.6) is 0 Å². The second kappa shape index (κ2) is 11.0. The summed E-state index contributed by atoms with van der Waals surface area (Å²) in [6.07, 6.45) is 4.80. The molecule has 0 bridgehead atoms. The summed E-state index contributed by atoms with van der Waals surface area (Å²) >= 11 is 0. The average Bonchev–Trinajstić information content (AvgIpc) is 3.19. The zero-order valence-electron chi connectivity index (χ0n) is 23.0. The summed E-state index contributed by atoms with van der Waals surface area (Å²) in [7, 11) is -4.48. The number of ketones is 3. The number of carbonyl (C=O) groups excluding carboxylic acids is 5. The Kier molecular flexibility index (Phi) is 8.44. The van der Waals surface area contributed by atoms with Crippen molar-refractivity contribution in [1.29, 1.82) is 0 Å². The lowest BCUT2D eigenvalue weighted by Crippen LogP contribution is -2.60. The molecule has 0 radical (unpaired) electrons. The van der Waals surface area contributed by atoms with Crippen LogP contribution < -0.4 is 0 Å². The van der Waals surface area contributed by atoms with E-state index >= 15 is 0 Å². The SMILES string of the molecule is C[C@H](CCC(=O)OCCOC(=O)CS(=O)(=O)O)[C@H]1CC[C@H]2[C@@H]3C(=O)C[C@@H]4CC(=O)CC[C@]4(C)[C@H]3CC(=O)[C@]12C. The first-order valence-electron chi connectivity index (χ1n) is 14.0. The second-order valence-electron chi connectivity index (χ2n) is 12.6. The van der Waals surface area contributed by atoms with Crippen molar-refractivity contribution in [2.45, 2.75) is 78.6 Å². The maximum atomic E-state index is 13.8. The van der Waals surface area contributed by atoms with Gasteiger partial charge in [-0.15, -0.1) is 0 Å². The summed E-state index contributed by atoms with van der Waals surface area (Å²) in [6, 6.07) is 0. The Labute approximate surface area is 229 Å². The Hall–Kier alpha value is -2.14. The van der Waals surface area contributed by atoms with Gasteiger partial charge < -0.3 is 9.47 Å². The summed E-state index contributed by atoms with van der Waals surface area (Å²) in [6.45, 7) is 5.70. The van der Waals surface area contributed by atoms with Crippen LogP contribution in [0.4, 0.5) is 0 Å². The largest absolute Gasteiger partial charge is 0.462 e. The normalized spacial score (nSPS) is 36.9. The van der Waals surface area contributed by atoms with Gasteiger partial charge in [0.15, 0.2) is 5.75 Å². The highest BCUT2D eigenvalue weighted by Crippen LogP contribution is 2.66. The maximum absolute atomic E-state index is 13.8. The van der Waals surface area contributed by atoms with Gasteiger partial charge in [0.1, 0.15) is 30.6 Å². The third kappa shape index (κ3) is 5.85. The van der Waals surface area contributed by atoms with Gasteiger partial charge in [-0.1, -0.05) is 20.8 Å². The molecular weight excluding hydrogens is 528 g/mol. The Balaban J connectivity index is 1.33. The first kappa shape index (κ1) is 29.8. The standard InChI is InChI=1S/C28H40O10S/c1-16(4-7-24(32)37-10-11-38-25(33)15-39(34,35)36)19-5-6-20-26-21(14-23(31)28(19,20)3)27(2)9-8-18(29)12-17(27)13-22(26)30/h16-17,19-21,26H,4-15H2,1-3H3,(H,34,35,36)/t16-,17+,19-,20+,21+,26+,27+,28-/m1/s1. The summed E-state index contributed by atoms with van der Waals surface area (Å²) < 4.78 is 39.6. The molecule has 0 amide bonds. The first-order valence-corrected chi connectivity index (χ1v) is 15.6. The number of hydrogen-bond donors (Lipinski definition) is 1. The molecule has 11 heteroatoms. The number of Topliss-reactive ketones (excluding diaryl/α,β-unsaturated/α-hetero) is 3. The number of fused-ring (bicyclic) bond motifs is 5. The van der Waals surface area contributed by atoms with Crippen LogP contribution in [0.25, 0.3) is 0 Å². The van der Waals surface area contributed by atoms with Crippen molar-refractivity contribution < 1.29 is 46.4 Å². The molecule has 8 atom stereocenters. The van der Waals surface area contributed by atoms with E-state index in [0.29, 0.717) is 32.1 Å². The maximum Gasteiger partial charge on any atom is 0.323 e. The molecule has 218 valence electrons. The van der Waals surface area contributed by atoms with Crippen LogP contribution in [0.1, 0.15) is 78.6 Å². The molecule has 0 unspecified atom stereocenters. The molecule has 4 aliphatic rings. The lowest BCUT2D eigenvalue weighted by Gasteiger charge is -2.58. The van der Waals surface area contributed by atoms with Crippen LogP contribution in [0, 0.1) is 46.3 Å². The van der Waals surface area contributed by atoms with Crippen molar-refractivity contribution in [1.82, 2.24) is 0 Å². The van der Waals surface area contributed by atoms with Crippen molar-refractivity contribution in [2.75, 3.05) is 19.0 Å². The molecule has 0 heterocycles. The van der Waals surface area contributed by atoms with Gasteiger partial charge in [0.05, 0.1) is 0 Å². The van der Waals surface area contributed by atoms with Crippen LogP contribution in [0.15, 0.2) is 0 Å². The van der Waals surface area contributed by atoms with E-state index in [1.165, 1.54) is 0 Å². The fourth-order valence-electron chi connectivity index (χ4n) is 8.51. The molecule has 10 nitrogen and oxygen atoms in total. The van der Waals surface area contributed by atoms with E-state index in [1.54, 1.807) is 0 Å². The summed E-state index contributed by atoms with van der Waals surface area (Å²) in [4.78, 5) is 63.0. The van der Waals surface area contributed by atoms with Crippen LogP contribution >= 0.6 is 0 Å².